The van der Waals surface area contributed by atoms with Crippen molar-refractivity contribution in [3.63, 3.8) is 0 Å². The van der Waals surface area contributed by atoms with Gasteiger partial charge in [-0.05, 0) is 31.0 Å². The van der Waals surface area contributed by atoms with Crippen LogP contribution in [0.15, 0.2) is 24.3 Å². The Morgan fingerprint density at radius 1 is 1.50 bits per heavy atom. The number of benzene rings is 1. The zero-order chi connectivity index (χ0) is 11.4. The highest BCUT2D eigenvalue weighted by Crippen LogP contribution is 2.28. The van der Waals surface area contributed by atoms with Gasteiger partial charge in [0.15, 0.2) is 0 Å². The lowest BCUT2D eigenvalue weighted by atomic mass is 9.91. The van der Waals surface area contributed by atoms with Crippen LogP contribution in [0.25, 0.3) is 0 Å². The van der Waals surface area contributed by atoms with Crippen LogP contribution in [0.2, 0.25) is 0 Å². The zero-order valence-corrected chi connectivity index (χ0v) is 10.2. The predicted molar refractivity (Wildman–Crippen MR) is 66.5 cm³/mol. The molecule has 1 N–H and O–H groups in total. The van der Waals surface area contributed by atoms with E-state index in [1.54, 1.807) is 0 Å². The SMILES string of the molecule is CCc1cccc(C(NC)C2CCOC2)c1. The third-order valence-electron chi connectivity index (χ3n) is 3.47. The van der Waals surface area contributed by atoms with E-state index in [-0.39, 0.29) is 0 Å². The Kier molecular flexibility index (Phi) is 3.97. The van der Waals surface area contributed by atoms with Crippen molar-refractivity contribution in [1.82, 2.24) is 5.32 Å². The molecule has 0 saturated carbocycles. The average molecular weight is 219 g/mol. The van der Waals surface area contributed by atoms with Gasteiger partial charge in [0.05, 0.1) is 6.61 Å². The first-order chi connectivity index (χ1) is 7.85. The van der Waals surface area contributed by atoms with E-state index in [0.29, 0.717) is 12.0 Å². The van der Waals surface area contributed by atoms with E-state index < -0.39 is 0 Å². The largest absolute Gasteiger partial charge is 0.381 e. The molecule has 2 atom stereocenters. The molecule has 2 unspecified atom stereocenters. The first-order valence-corrected chi connectivity index (χ1v) is 6.19. The van der Waals surface area contributed by atoms with Crippen molar-refractivity contribution < 1.29 is 4.74 Å². The van der Waals surface area contributed by atoms with Gasteiger partial charge in [0, 0.05) is 18.6 Å². The summed E-state index contributed by atoms with van der Waals surface area (Å²) in [7, 11) is 2.04. The molecule has 1 aliphatic rings. The fourth-order valence-electron chi connectivity index (χ4n) is 2.50. The molecule has 1 aliphatic heterocycles. The number of rotatable bonds is 4. The molecule has 16 heavy (non-hydrogen) atoms. The van der Waals surface area contributed by atoms with Crippen molar-refractivity contribution in [2.75, 3.05) is 20.3 Å². The highest BCUT2D eigenvalue weighted by molar-refractivity contribution is 5.26. The molecule has 1 saturated heterocycles. The molecule has 0 aliphatic carbocycles. The van der Waals surface area contributed by atoms with Gasteiger partial charge >= 0.3 is 0 Å². The quantitative estimate of drug-likeness (QED) is 0.840. The van der Waals surface area contributed by atoms with Crippen LogP contribution in [0.3, 0.4) is 0 Å². The molecule has 0 bridgehead atoms. The summed E-state index contributed by atoms with van der Waals surface area (Å²) in [6, 6.07) is 9.34. The smallest absolute Gasteiger partial charge is 0.0513 e. The summed E-state index contributed by atoms with van der Waals surface area (Å²) in [4.78, 5) is 0. The molecular weight excluding hydrogens is 198 g/mol. The topological polar surface area (TPSA) is 21.3 Å². The van der Waals surface area contributed by atoms with Gasteiger partial charge in [-0.25, -0.2) is 0 Å². The molecule has 2 heteroatoms. The Hall–Kier alpha value is -0.860. The van der Waals surface area contributed by atoms with Gasteiger partial charge in [-0.3, -0.25) is 0 Å². The Morgan fingerprint density at radius 2 is 2.38 bits per heavy atom. The average Bonchev–Trinajstić information content (AvgIpc) is 2.84. The molecule has 1 heterocycles. The second-order valence-corrected chi connectivity index (χ2v) is 4.49. The summed E-state index contributed by atoms with van der Waals surface area (Å²) in [6.45, 7) is 4.00. The maximum absolute atomic E-state index is 5.48. The first kappa shape index (κ1) is 11.6. The predicted octanol–water partition coefficient (Wildman–Crippen LogP) is 2.55. The van der Waals surface area contributed by atoms with E-state index in [2.05, 4.69) is 36.5 Å². The highest BCUT2D eigenvalue weighted by Gasteiger charge is 2.25. The second kappa shape index (κ2) is 5.46. The lowest BCUT2D eigenvalue weighted by Gasteiger charge is -2.22. The Labute approximate surface area is 98.0 Å². The number of hydrogen-bond donors (Lipinski definition) is 1. The molecule has 0 aromatic heterocycles. The number of aryl methyl sites for hydroxylation is 1. The van der Waals surface area contributed by atoms with Gasteiger partial charge in [-0.2, -0.15) is 0 Å². The van der Waals surface area contributed by atoms with E-state index in [0.717, 1.165) is 19.6 Å². The van der Waals surface area contributed by atoms with Crippen LogP contribution in [0.1, 0.15) is 30.5 Å². The minimum Gasteiger partial charge on any atom is -0.381 e. The van der Waals surface area contributed by atoms with Crippen LogP contribution in [-0.2, 0) is 11.2 Å². The summed E-state index contributed by atoms with van der Waals surface area (Å²) in [5.41, 5.74) is 2.81. The normalized spacial score (nSPS) is 22.2. The molecule has 1 fully saturated rings. The van der Waals surface area contributed by atoms with Crippen LogP contribution in [0, 0.1) is 5.92 Å². The molecule has 88 valence electrons. The second-order valence-electron chi connectivity index (χ2n) is 4.49. The van der Waals surface area contributed by atoms with Crippen LogP contribution >= 0.6 is 0 Å². The fourth-order valence-corrected chi connectivity index (χ4v) is 2.50. The van der Waals surface area contributed by atoms with Gasteiger partial charge in [-0.15, -0.1) is 0 Å². The van der Waals surface area contributed by atoms with Gasteiger partial charge in [-0.1, -0.05) is 31.2 Å². The van der Waals surface area contributed by atoms with E-state index >= 15 is 0 Å². The zero-order valence-electron chi connectivity index (χ0n) is 10.2. The molecule has 0 amide bonds. The third-order valence-corrected chi connectivity index (χ3v) is 3.47. The highest BCUT2D eigenvalue weighted by atomic mass is 16.5. The summed E-state index contributed by atoms with van der Waals surface area (Å²) < 4.78 is 5.48. The summed E-state index contributed by atoms with van der Waals surface area (Å²) in [6.07, 6.45) is 2.27. The minimum atomic E-state index is 0.439. The maximum Gasteiger partial charge on any atom is 0.0513 e. The lowest BCUT2D eigenvalue weighted by molar-refractivity contribution is 0.178. The molecule has 2 nitrogen and oxygen atoms in total. The van der Waals surface area contributed by atoms with Gasteiger partial charge < -0.3 is 10.1 Å². The summed E-state index contributed by atoms with van der Waals surface area (Å²) in [5, 5.41) is 3.43. The van der Waals surface area contributed by atoms with Crippen LogP contribution in [-0.4, -0.2) is 20.3 Å². The number of hydrogen-bond acceptors (Lipinski definition) is 2. The lowest BCUT2D eigenvalue weighted by Crippen LogP contribution is -2.25. The van der Waals surface area contributed by atoms with Crippen LogP contribution < -0.4 is 5.32 Å². The summed E-state index contributed by atoms with van der Waals surface area (Å²) in [5.74, 6) is 0.622. The molecule has 2 rings (SSSR count). The first-order valence-electron chi connectivity index (χ1n) is 6.19. The Balaban J connectivity index is 2.18. The van der Waals surface area contributed by atoms with Gasteiger partial charge in [0.1, 0.15) is 0 Å². The van der Waals surface area contributed by atoms with E-state index in [1.807, 2.05) is 7.05 Å². The van der Waals surface area contributed by atoms with E-state index in [9.17, 15) is 0 Å². The number of ether oxygens (including phenoxy) is 1. The monoisotopic (exact) mass is 219 g/mol. The standard InChI is InChI=1S/C14H21NO/c1-3-11-5-4-6-12(9-11)14(15-2)13-7-8-16-10-13/h4-6,9,13-15H,3,7-8,10H2,1-2H3. The van der Waals surface area contributed by atoms with Gasteiger partial charge in [0.25, 0.3) is 0 Å². The van der Waals surface area contributed by atoms with E-state index in [4.69, 9.17) is 4.74 Å². The summed E-state index contributed by atoms with van der Waals surface area (Å²) >= 11 is 0. The third kappa shape index (κ3) is 2.45. The van der Waals surface area contributed by atoms with Crippen molar-refractivity contribution in [1.29, 1.82) is 0 Å². The van der Waals surface area contributed by atoms with E-state index in [1.165, 1.54) is 17.5 Å². The molecule has 0 spiro atoms. The van der Waals surface area contributed by atoms with Crippen molar-refractivity contribution in [3.05, 3.63) is 35.4 Å². The van der Waals surface area contributed by atoms with Crippen molar-refractivity contribution in [2.45, 2.75) is 25.8 Å². The maximum atomic E-state index is 5.48. The molecule has 0 radical (unpaired) electrons. The fraction of sp³-hybridized carbons (Fsp3) is 0.571. The molecule has 1 aromatic carbocycles. The molecule has 1 aromatic rings. The van der Waals surface area contributed by atoms with Crippen LogP contribution in [0.4, 0.5) is 0 Å². The van der Waals surface area contributed by atoms with Crippen LogP contribution in [0.5, 0.6) is 0 Å². The Morgan fingerprint density at radius 3 is 3.00 bits per heavy atom. The van der Waals surface area contributed by atoms with Gasteiger partial charge in [0.2, 0.25) is 0 Å². The minimum absolute atomic E-state index is 0.439. The number of nitrogens with one attached hydrogen (secondary N) is 1. The Bertz CT molecular complexity index is 331. The van der Waals surface area contributed by atoms with Crippen molar-refractivity contribution in [2.24, 2.45) is 5.92 Å². The van der Waals surface area contributed by atoms with Crippen molar-refractivity contribution >= 4 is 0 Å². The molecular formula is C14H21NO. The van der Waals surface area contributed by atoms with Crippen molar-refractivity contribution in [3.8, 4) is 0 Å².